The quantitative estimate of drug-likeness (QED) is 0.455. The predicted octanol–water partition coefficient (Wildman–Crippen LogP) is 0.725. The molecule has 0 spiro atoms. The number of nitrogens with two attached hydrogens (primary N) is 1. The van der Waals surface area contributed by atoms with Gasteiger partial charge in [-0.25, -0.2) is 10.8 Å². The van der Waals surface area contributed by atoms with E-state index in [9.17, 15) is 5.11 Å². The molecule has 2 unspecified atom stereocenters. The lowest BCUT2D eigenvalue weighted by atomic mass is 9.85. The van der Waals surface area contributed by atoms with Crippen LogP contribution in [-0.4, -0.2) is 27.7 Å². The second-order valence-corrected chi connectivity index (χ2v) is 4.39. The Labute approximate surface area is 101 Å². The Balaban J connectivity index is 2.02. The van der Waals surface area contributed by atoms with Crippen molar-refractivity contribution >= 4 is 11.8 Å². The van der Waals surface area contributed by atoms with E-state index < -0.39 is 0 Å². The van der Waals surface area contributed by atoms with Gasteiger partial charge in [-0.05, 0) is 18.9 Å². The van der Waals surface area contributed by atoms with Crippen molar-refractivity contribution < 1.29 is 5.11 Å². The molecule has 2 atom stereocenters. The van der Waals surface area contributed by atoms with Gasteiger partial charge in [-0.2, -0.15) is 4.98 Å². The molecule has 17 heavy (non-hydrogen) atoms. The highest BCUT2D eigenvalue weighted by atomic mass is 16.3. The minimum Gasteiger partial charge on any atom is -0.396 e. The van der Waals surface area contributed by atoms with Gasteiger partial charge in [-0.3, -0.25) is 5.43 Å². The van der Waals surface area contributed by atoms with Gasteiger partial charge in [0.05, 0.1) is 0 Å². The fourth-order valence-corrected chi connectivity index (χ4v) is 2.31. The van der Waals surface area contributed by atoms with Crippen LogP contribution in [-0.2, 0) is 0 Å². The molecule has 1 fully saturated rings. The molecule has 1 heterocycles. The number of nitrogen functional groups attached to an aromatic ring is 1. The number of rotatable bonds is 4. The first kappa shape index (κ1) is 12.1. The average molecular weight is 237 g/mol. The highest BCUT2D eigenvalue weighted by molar-refractivity contribution is 5.40. The number of anilines is 2. The standard InChI is InChI=1S/C11H19N5O/c12-16-11-13-6-5-10(15-11)14-9-4-2-1-3-8(9)7-17/h5-6,8-9,17H,1-4,7,12H2,(H2,13,14,15,16). The molecule has 1 saturated carbocycles. The molecule has 5 N–H and O–H groups in total. The molecule has 94 valence electrons. The molecule has 0 bridgehead atoms. The van der Waals surface area contributed by atoms with Crippen molar-refractivity contribution in [3.63, 3.8) is 0 Å². The molecule has 1 aliphatic rings. The van der Waals surface area contributed by atoms with Crippen molar-refractivity contribution in [3.05, 3.63) is 12.3 Å². The van der Waals surface area contributed by atoms with Crippen LogP contribution in [0.15, 0.2) is 12.3 Å². The Morgan fingerprint density at radius 1 is 1.41 bits per heavy atom. The molecule has 6 heteroatoms. The van der Waals surface area contributed by atoms with Crippen LogP contribution in [0.1, 0.15) is 25.7 Å². The maximum atomic E-state index is 9.34. The van der Waals surface area contributed by atoms with Gasteiger partial charge in [0.25, 0.3) is 0 Å². The first-order valence-corrected chi connectivity index (χ1v) is 6.00. The Hall–Kier alpha value is -1.40. The largest absolute Gasteiger partial charge is 0.396 e. The lowest BCUT2D eigenvalue weighted by Gasteiger charge is -2.31. The van der Waals surface area contributed by atoms with E-state index in [1.807, 2.05) is 6.07 Å². The molecular weight excluding hydrogens is 218 g/mol. The zero-order chi connectivity index (χ0) is 12.1. The minimum atomic E-state index is 0.227. The molecule has 0 saturated heterocycles. The third-order valence-corrected chi connectivity index (χ3v) is 3.26. The van der Waals surface area contributed by atoms with Crippen molar-refractivity contribution in [2.45, 2.75) is 31.7 Å². The summed E-state index contributed by atoms with van der Waals surface area (Å²) in [5.41, 5.74) is 2.42. The first-order valence-electron chi connectivity index (χ1n) is 6.00. The Bertz CT molecular complexity index is 359. The third-order valence-electron chi connectivity index (χ3n) is 3.26. The van der Waals surface area contributed by atoms with Crippen molar-refractivity contribution in [2.24, 2.45) is 11.8 Å². The molecule has 0 amide bonds. The Morgan fingerprint density at radius 3 is 3.00 bits per heavy atom. The predicted molar refractivity (Wildman–Crippen MR) is 66.3 cm³/mol. The summed E-state index contributed by atoms with van der Waals surface area (Å²) in [7, 11) is 0. The summed E-state index contributed by atoms with van der Waals surface area (Å²) >= 11 is 0. The van der Waals surface area contributed by atoms with Crippen LogP contribution in [0.2, 0.25) is 0 Å². The summed E-state index contributed by atoms with van der Waals surface area (Å²) in [6, 6.07) is 2.10. The number of hydrazine groups is 1. The van der Waals surface area contributed by atoms with Gasteiger partial charge in [-0.15, -0.1) is 0 Å². The van der Waals surface area contributed by atoms with Crippen LogP contribution in [0.4, 0.5) is 11.8 Å². The van der Waals surface area contributed by atoms with Crippen LogP contribution in [0.25, 0.3) is 0 Å². The van der Waals surface area contributed by atoms with Crippen LogP contribution >= 0.6 is 0 Å². The summed E-state index contributed by atoms with van der Waals surface area (Å²) < 4.78 is 0. The van der Waals surface area contributed by atoms with Gasteiger partial charge < -0.3 is 10.4 Å². The molecule has 1 aromatic rings. The topological polar surface area (TPSA) is 96.1 Å². The second-order valence-electron chi connectivity index (χ2n) is 4.39. The smallest absolute Gasteiger partial charge is 0.239 e. The highest BCUT2D eigenvalue weighted by Gasteiger charge is 2.24. The zero-order valence-corrected chi connectivity index (χ0v) is 9.76. The van der Waals surface area contributed by atoms with E-state index in [1.165, 1.54) is 12.8 Å². The van der Waals surface area contributed by atoms with E-state index in [0.29, 0.717) is 11.9 Å². The monoisotopic (exact) mass is 237 g/mol. The Morgan fingerprint density at radius 2 is 2.24 bits per heavy atom. The first-order chi connectivity index (χ1) is 8.33. The van der Waals surface area contributed by atoms with Crippen LogP contribution < -0.4 is 16.6 Å². The van der Waals surface area contributed by atoms with Crippen molar-refractivity contribution in [3.8, 4) is 0 Å². The maximum Gasteiger partial charge on any atom is 0.239 e. The van der Waals surface area contributed by atoms with E-state index in [2.05, 4.69) is 20.7 Å². The summed E-state index contributed by atoms with van der Waals surface area (Å²) in [5, 5.41) is 12.7. The number of aromatic nitrogens is 2. The molecule has 1 aromatic heterocycles. The number of hydrogen-bond acceptors (Lipinski definition) is 6. The van der Waals surface area contributed by atoms with Gasteiger partial charge in [0.15, 0.2) is 0 Å². The summed E-state index contributed by atoms with van der Waals surface area (Å²) in [6.07, 6.45) is 6.19. The maximum absolute atomic E-state index is 9.34. The van der Waals surface area contributed by atoms with Crippen molar-refractivity contribution in [2.75, 3.05) is 17.3 Å². The van der Waals surface area contributed by atoms with Crippen LogP contribution in [0.5, 0.6) is 0 Å². The van der Waals surface area contributed by atoms with Gasteiger partial charge >= 0.3 is 0 Å². The van der Waals surface area contributed by atoms with Crippen molar-refractivity contribution in [1.29, 1.82) is 0 Å². The van der Waals surface area contributed by atoms with Crippen LogP contribution in [0.3, 0.4) is 0 Å². The molecular formula is C11H19N5O. The summed E-state index contributed by atoms with van der Waals surface area (Å²) in [5.74, 6) is 6.72. The SMILES string of the molecule is NNc1nccc(NC2CCCCC2CO)n1. The number of nitrogens with zero attached hydrogens (tertiary/aromatic N) is 2. The molecule has 1 aliphatic carbocycles. The highest BCUT2D eigenvalue weighted by Crippen LogP contribution is 2.26. The number of aliphatic hydroxyl groups excluding tert-OH is 1. The van der Waals surface area contributed by atoms with E-state index in [1.54, 1.807) is 6.20 Å². The van der Waals surface area contributed by atoms with Crippen LogP contribution in [0, 0.1) is 5.92 Å². The lowest BCUT2D eigenvalue weighted by molar-refractivity contribution is 0.178. The van der Waals surface area contributed by atoms with E-state index in [-0.39, 0.29) is 12.6 Å². The van der Waals surface area contributed by atoms with Gasteiger partial charge in [0.2, 0.25) is 5.95 Å². The number of nitrogens with one attached hydrogen (secondary N) is 2. The van der Waals surface area contributed by atoms with Gasteiger partial charge in [0, 0.05) is 24.8 Å². The lowest BCUT2D eigenvalue weighted by Crippen LogP contribution is -2.34. The van der Waals surface area contributed by atoms with Crippen molar-refractivity contribution in [1.82, 2.24) is 9.97 Å². The third kappa shape index (κ3) is 3.04. The Kier molecular flexibility index (Phi) is 4.11. The molecule has 0 aliphatic heterocycles. The summed E-state index contributed by atoms with van der Waals surface area (Å²) in [4.78, 5) is 8.17. The average Bonchev–Trinajstić information content (AvgIpc) is 2.39. The van der Waals surface area contributed by atoms with Gasteiger partial charge in [0.1, 0.15) is 5.82 Å². The van der Waals surface area contributed by atoms with E-state index in [0.717, 1.165) is 18.7 Å². The molecule has 2 rings (SSSR count). The molecule has 0 radical (unpaired) electrons. The fraction of sp³-hybridized carbons (Fsp3) is 0.636. The number of hydrogen-bond donors (Lipinski definition) is 4. The fourth-order valence-electron chi connectivity index (χ4n) is 2.31. The number of aliphatic hydroxyl groups is 1. The zero-order valence-electron chi connectivity index (χ0n) is 9.76. The van der Waals surface area contributed by atoms with E-state index >= 15 is 0 Å². The van der Waals surface area contributed by atoms with Gasteiger partial charge in [-0.1, -0.05) is 12.8 Å². The molecule has 6 nitrogen and oxygen atoms in total. The normalized spacial score (nSPS) is 24.4. The van der Waals surface area contributed by atoms with E-state index in [4.69, 9.17) is 5.84 Å². The minimum absolute atomic E-state index is 0.227. The summed E-state index contributed by atoms with van der Waals surface area (Å²) in [6.45, 7) is 0.227. The molecule has 0 aromatic carbocycles. The second kappa shape index (κ2) is 5.79.